The van der Waals surface area contributed by atoms with Crippen LogP contribution in [0.4, 0.5) is 5.69 Å². The summed E-state index contributed by atoms with van der Waals surface area (Å²) in [6.45, 7) is 1.73. The Kier molecular flexibility index (Phi) is 4.97. The Morgan fingerprint density at radius 1 is 1.17 bits per heavy atom. The highest BCUT2D eigenvalue weighted by atomic mass is 35.5. The SMILES string of the molecule is COc1ccc(Cl)cc1NC(=O)c1cc(S(C)(=O)=O)ccc1C. The van der Waals surface area contributed by atoms with Crippen LogP contribution in [0.25, 0.3) is 0 Å². The van der Waals surface area contributed by atoms with E-state index in [1.807, 2.05) is 0 Å². The molecule has 5 nitrogen and oxygen atoms in total. The highest BCUT2D eigenvalue weighted by Gasteiger charge is 2.16. The van der Waals surface area contributed by atoms with Gasteiger partial charge in [-0.25, -0.2) is 8.42 Å². The first kappa shape index (κ1) is 17.3. The lowest BCUT2D eigenvalue weighted by molar-refractivity contribution is 0.102. The van der Waals surface area contributed by atoms with E-state index < -0.39 is 15.7 Å². The summed E-state index contributed by atoms with van der Waals surface area (Å²) in [6, 6.07) is 9.27. The Hall–Kier alpha value is -2.05. The van der Waals surface area contributed by atoms with E-state index in [1.165, 1.54) is 19.2 Å². The van der Waals surface area contributed by atoms with Gasteiger partial charge < -0.3 is 10.1 Å². The van der Waals surface area contributed by atoms with E-state index in [0.717, 1.165) is 6.26 Å². The number of methoxy groups -OCH3 is 1. The van der Waals surface area contributed by atoms with Crippen molar-refractivity contribution in [3.05, 3.63) is 52.5 Å². The van der Waals surface area contributed by atoms with Crippen LogP contribution in [0.2, 0.25) is 5.02 Å². The van der Waals surface area contributed by atoms with Crippen molar-refractivity contribution in [1.82, 2.24) is 0 Å². The molecule has 2 rings (SSSR count). The minimum atomic E-state index is -3.39. The minimum Gasteiger partial charge on any atom is -0.495 e. The number of halogens is 1. The molecule has 0 spiro atoms. The summed E-state index contributed by atoms with van der Waals surface area (Å²) in [5.41, 5.74) is 1.35. The highest BCUT2D eigenvalue weighted by Crippen LogP contribution is 2.28. The summed E-state index contributed by atoms with van der Waals surface area (Å²) < 4.78 is 28.5. The molecule has 122 valence electrons. The van der Waals surface area contributed by atoms with Crippen LogP contribution in [-0.4, -0.2) is 27.7 Å². The van der Waals surface area contributed by atoms with Crippen molar-refractivity contribution < 1.29 is 17.9 Å². The molecule has 0 aliphatic carbocycles. The molecule has 0 fully saturated rings. The number of hydrogen-bond acceptors (Lipinski definition) is 4. The van der Waals surface area contributed by atoms with Crippen LogP contribution in [0.3, 0.4) is 0 Å². The topological polar surface area (TPSA) is 72.5 Å². The molecular formula is C16H16ClNO4S. The van der Waals surface area contributed by atoms with E-state index >= 15 is 0 Å². The van der Waals surface area contributed by atoms with E-state index in [9.17, 15) is 13.2 Å². The van der Waals surface area contributed by atoms with Gasteiger partial charge in [0.1, 0.15) is 5.75 Å². The van der Waals surface area contributed by atoms with Gasteiger partial charge in [0.2, 0.25) is 0 Å². The minimum absolute atomic E-state index is 0.0892. The number of ether oxygens (including phenoxy) is 1. The van der Waals surface area contributed by atoms with Crippen molar-refractivity contribution in [2.45, 2.75) is 11.8 Å². The average Bonchev–Trinajstić information content (AvgIpc) is 2.46. The van der Waals surface area contributed by atoms with Crippen LogP contribution in [0, 0.1) is 6.92 Å². The third kappa shape index (κ3) is 4.03. The molecule has 0 radical (unpaired) electrons. The monoisotopic (exact) mass is 353 g/mol. The first-order valence-electron chi connectivity index (χ1n) is 6.68. The number of rotatable bonds is 4. The maximum atomic E-state index is 12.5. The molecule has 7 heteroatoms. The fourth-order valence-electron chi connectivity index (χ4n) is 2.04. The average molecular weight is 354 g/mol. The van der Waals surface area contributed by atoms with Gasteiger partial charge in [-0.05, 0) is 42.8 Å². The van der Waals surface area contributed by atoms with Gasteiger partial charge in [-0.1, -0.05) is 17.7 Å². The Morgan fingerprint density at radius 3 is 2.48 bits per heavy atom. The van der Waals surface area contributed by atoms with Crippen LogP contribution in [0.15, 0.2) is 41.3 Å². The first-order chi connectivity index (χ1) is 10.7. The molecule has 2 aromatic rings. The standard InChI is InChI=1S/C16H16ClNO4S/c1-10-4-6-12(23(3,20)21)9-13(10)16(19)18-14-8-11(17)5-7-15(14)22-2/h4-9H,1-3H3,(H,18,19). The molecule has 0 heterocycles. The lowest BCUT2D eigenvalue weighted by Crippen LogP contribution is -2.15. The zero-order valence-electron chi connectivity index (χ0n) is 12.9. The second kappa shape index (κ2) is 6.60. The Labute approximate surface area is 140 Å². The summed E-state index contributed by atoms with van der Waals surface area (Å²) in [5, 5.41) is 3.14. The molecule has 23 heavy (non-hydrogen) atoms. The molecule has 0 saturated carbocycles. The number of carbonyl (C=O) groups is 1. The number of benzene rings is 2. The fourth-order valence-corrected chi connectivity index (χ4v) is 2.86. The Bertz CT molecular complexity index is 862. The number of carbonyl (C=O) groups excluding carboxylic acids is 1. The van der Waals surface area contributed by atoms with E-state index in [2.05, 4.69) is 5.32 Å². The molecular weight excluding hydrogens is 338 g/mol. The summed E-state index contributed by atoms with van der Waals surface area (Å²) in [6.07, 6.45) is 1.10. The molecule has 1 N–H and O–H groups in total. The smallest absolute Gasteiger partial charge is 0.256 e. The molecule has 0 aromatic heterocycles. The van der Waals surface area contributed by atoms with Gasteiger partial charge in [-0.2, -0.15) is 0 Å². The van der Waals surface area contributed by atoms with Crippen molar-refractivity contribution in [2.24, 2.45) is 0 Å². The maximum Gasteiger partial charge on any atom is 0.256 e. The number of anilines is 1. The zero-order chi connectivity index (χ0) is 17.2. The highest BCUT2D eigenvalue weighted by molar-refractivity contribution is 7.90. The molecule has 2 aromatic carbocycles. The van der Waals surface area contributed by atoms with E-state index in [1.54, 1.807) is 31.2 Å². The predicted molar refractivity (Wildman–Crippen MR) is 90.2 cm³/mol. The third-order valence-electron chi connectivity index (χ3n) is 3.29. The maximum absolute atomic E-state index is 12.5. The van der Waals surface area contributed by atoms with E-state index in [4.69, 9.17) is 16.3 Å². The summed E-state index contributed by atoms with van der Waals surface area (Å²) in [7, 11) is -1.91. The van der Waals surface area contributed by atoms with Crippen molar-refractivity contribution in [1.29, 1.82) is 0 Å². The molecule has 0 aliphatic heterocycles. The molecule has 0 saturated heterocycles. The molecule has 0 unspecified atom stereocenters. The first-order valence-corrected chi connectivity index (χ1v) is 8.95. The van der Waals surface area contributed by atoms with E-state index in [0.29, 0.717) is 22.0 Å². The predicted octanol–water partition coefficient (Wildman–Crippen LogP) is 3.31. The lowest BCUT2D eigenvalue weighted by atomic mass is 10.1. The van der Waals surface area contributed by atoms with Crippen molar-refractivity contribution in [3.8, 4) is 5.75 Å². The van der Waals surface area contributed by atoms with Crippen LogP contribution in [0.1, 0.15) is 15.9 Å². The van der Waals surface area contributed by atoms with Crippen molar-refractivity contribution in [3.63, 3.8) is 0 Å². The summed E-state index contributed by atoms with van der Waals surface area (Å²) >= 11 is 5.93. The zero-order valence-corrected chi connectivity index (χ0v) is 14.5. The van der Waals surface area contributed by atoms with Crippen LogP contribution < -0.4 is 10.1 Å². The van der Waals surface area contributed by atoms with Crippen LogP contribution in [0.5, 0.6) is 5.75 Å². The van der Waals surface area contributed by atoms with Gasteiger partial charge >= 0.3 is 0 Å². The second-order valence-electron chi connectivity index (χ2n) is 5.05. The third-order valence-corrected chi connectivity index (χ3v) is 4.64. The number of amides is 1. The molecule has 1 amide bonds. The fraction of sp³-hybridized carbons (Fsp3) is 0.188. The van der Waals surface area contributed by atoms with Gasteiger partial charge in [0.15, 0.2) is 9.84 Å². The van der Waals surface area contributed by atoms with Gasteiger partial charge in [-0.15, -0.1) is 0 Å². The van der Waals surface area contributed by atoms with E-state index in [-0.39, 0.29) is 10.5 Å². The largest absolute Gasteiger partial charge is 0.495 e. The quantitative estimate of drug-likeness (QED) is 0.915. The summed E-state index contributed by atoms with van der Waals surface area (Å²) in [5.74, 6) is 0.0215. The molecule has 0 atom stereocenters. The lowest BCUT2D eigenvalue weighted by Gasteiger charge is -2.12. The molecule has 0 aliphatic rings. The number of nitrogens with one attached hydrogen (secondary N) is 1. The van der Waals surface area contributed by atoms with Crippen LogP contribution in [-0.2, 0) is 9.84 Å². The van der Waals surface area contributed by atoms with Gasteiger partial charge in [0.25, 0.3) is 5.91 Å². The number of aryl methyl sites for hydroxylation is 1. The van der Waals surface area contributed by atoms with Crippen molar-refractivity contribution >= 4 is 33.0 Å². The van der Waals surface area contributed by atoms with Crippen LogP contribution >= 0.6 is 11.6 Å². The normalized spacial score (nSPS) is 11.1. The second-order valence-corrected chi connectivity index (χ2v) is 7.50. The Balaban J connectivity index is 2.40. The Morgan fingerprint density at radius 2 is 1.87 bits per heavy atom. The molecule has 0 bridgehead atoms. The van der Waals surface area contributed by atoms with Crippen molar-refractivity contribution in [2.75, 3.05) is 18.7 Å². The van der Waals surface area contributed by atoms with Gasteiger partial charge in [0.05, 0.1) is 17.7 Å². The number of sulfone groups is 1. The number of hydrogen-bond donors (Lipinski definition) is 1. The summed E-state index contributed by atoms with van der Waals surface area (Å²) in [4.78, 5) is 12.6. The van der Waals surface area contributed by atoms with Gasteiger partial charge in [-0.3, -0.25) is 4.79 Å². The van der Waals surface area contributed by atoms with Gasteiger partial charge in [0, 0.05) is 16.8 Å².